The number of aliphatic hydroxyl groups is 1. The highest BCUT2D eigenvalue weighted by Crippen LogP contribution is 2.28. The molecule has 172 valence electrons. The van der Waals surface area contributed by atoms with Gasteiger partial charge in [-0.1, -0.05) is 18.2 Å². The Kier molecular flexibility index (Phi) is 7.37. The van der Waals surface area contributed by atoms with Crippen molar-refractivity contribution in [3.63, 3.8) is 0 Å². The van der Waals surface area contributed by atoms with Crippen LogP contribution in [-0.4, -0.2) is 81.8 Å². The van der Waals surface area contributed by atoms with Crippen LogP contribution in [0.3, 0.4) is 0 Å². The number of fused-ring (bicyclic) bond motifs is 1. The molecule has 1 aromatic carbocycles. The highest BCUT2D eigenvalue weighted by Gasteiger charge is 2.34. The van der Waals surface area contributed by atoms with E-state index >= 15 is 0 Å². The van der Waals surface area contributed by atoms with Crippen LogP contribution in [0.25, 0.3) is 10.9 Å². The van der Waals surface area contributed by atoms with Crippen LogP contribution < -0.4 is 0 Å². The predicted octanol–water partition coefficient (Wildman–Crippen LogP) is 3.96. The SMILES string of the molecule is CC(C)N1CCC(N2CCN(Cc3cn(C(C)C)c4ccccc34)C[C@H]2CCO)CC1. The first kappa shape index (κ1) is 22.8. The molecule has 2 aromatic rings. The monoisotopic (exact) mass is 426 g/mol. The quantitative estimate of drug-likeness (QED) is 0.727. The van der Waals surface area contributed by atoms with Gasteiger partial charge >= 0.3 is 0 Å². The number of piperidine rings is 1. The minimum atomic E-state index is 0.284. The average molecular weight is 427 g/mol. The van der Waals surface area contributed by atoms with E-state index in [1.54, 1.807) is 0 Å². The molecule has 31 heavy (non-hydrogen) atoms. The van der Waals surface area contributed by atoms with Gasteiger partial charge in [-0.2, -0.15) is 0 Å². The summed E-state index contributed by atoms with van der Waals surface area (Å²) in [6.07, 6.45) is 5.78. The number of benzene rings is 1. The van der Waals surface area contributed by atoms with E-state index in [4.69, 9.17) is 0 Å². The summed E-state index contributed by atoms with van der Waals surface area (Å²) in [5.41, 5.74) is 2.78. The molecule has 0 radical (unpaired) electrons. The van der Waals surface area contributed by atoms with Crippen molar-refractivity contribution in [1.29, 1.82) is 0 Å². The summed E-state index contributed by atoms with van der Waals surface area (Å²) in [7, 11) is 0. The van der Waals surface area contributed by atoms with Crippen LogP contribution in [0.2, 0.25) is 0 Å². The number of piperazine rings is 1. The molecule has 0 saturated carbocycles. The molecule has 2 aliphatic heterocycles. The minimum Gasteiger partial charge on any atom is -0.396 e. The van der Waals surface area contributed by atoms with Crippen molar-refractivity contribution >= 4 is 10.9 Å². The lowest BCUT2D eigenvalue weighted by atomic mass is 9.97. The molecule has 1 N–H and O–H groups in total. The van der Waals surface area contributed by atoms with Crippen molar-refractivity contribution in [2.45, 2.75) is 77.7 Å². The van der Waals surface area contributed by atoms with E-state index in [-0.39, 0.29) is 6.61 Å². The van der Waals surface area contributed by atoms with E-state index < -0.39 is 0 Å². The Labute approximate surface area is 188 Å². The Bertz CT molecular complexity index is 837. The third-order valence-electron chi connectivity index (χ3n) is 7.55. The third kappa shape index (κ3) is 5.00. The van der Waals surface area contributed by atoms with Gasteiger partial charge in [-0.3, -0.25) is 9.80 Å². The van der Waals surface area contributed by atoms with Crippen LogP contribution >= 0.6 is 0 Å². The second kappa shape index (κ2) is 10.0. The van der Waals surface area contributed by atoms with Gasteiger partial charge in [0.15, 0.2) is 0 Å². The number of likely N-dealkylation sites (tertiary alicyclic amines) is 1. The van der Waals surface area contributed by atoms with Gasteiger partial charge in [-0.25, -0.2) is 0 Å². The molecular formula is C26H42N4O. The number of para-hydroxylation sites is 1. The fraction of sp³-hybridized carbons (Fsp3) is 0.692. The fourth-order valence-electron chi connectivity index (χ4n) is 5.77. The van der Waals surface area contributed by atoms with E-state index in [0.717, 1.165) is 32.6 Å². The predicted molar refractivity (Wildman–Crippen MR) is 130 cm³/mol. The minimum absolute atomic E-state index is 0.284. The first-order chi connectivity index (χ1) is 15.0. The van der Waals surface area contributed by atoms with Crippen molar-refractivity contribution in [2.24, 2.45) is 0 Å². The summed E-state index contributed by atoms with van der Waals surface area (Å²) in [5.74, 6) is 0. The largest absolute Gasteiger partial charge is 0.396 e. The maximum atomic E-state index is 9.77. The maximum absolute atomic E-state index is 9.77. The van der Waals surface area contributed by atoms with Gasteiger partial charge in [-0.05, 0) is 71.7 Å². The summed E-state index contributed by atoms with van der Waals surface area (Å²) in [6, 6.07) is 11.1. The molecule has 5 nitrogen and oxygen atoms in total. The Morgan fingerprint density at radius 2 is 1.71 bits per heavy atom. The van der Waals surface area contributed by atoms with E-state index in [1.165, 1.54) is 42.4 Å². The zero-order valence-electron chi connectivity index (χ0n) is 20.0. The number of aromatic nitrogens is 1. The fourth-order valence-corrected chi connectivity index (χ4v) is 5.77. The normalized spacial score (nSPS) is 22.9. The van der Waals surface area contributed by atoms with Gasteiger partial charge < -0.3 is 14.6 Å². The molecule has 5 heteroatoms. The van der Waals surface area contributed by atoms with Crippen molar-refractivity contribution < 1.29 is 5.11 Å². The zero-order chi connectivity index (χ0) is 22.0. The van der Waals surface area contributed by atoms with Crippen molar-refractivity contribution in [3.8, 4) is 0 Å². The lowest BCUT2D eigenvalue weighted by Gasteiger charge is -2.48. The maximum Gasteiger partial charge on any atom is 0.0486 e. The molecular weight excluding hydrogens is 384 g/mol. The summed E-state index contributed by atoms with van der Waals surface area (Å²) in [5, 5.41) is 11.2. The number of rotatable bonds is 7. The summed E-state index contributed by atoms with van der Waals surface area (Å²) in [4.78, 5) is 7.96. The topological polar surface area (TPSA) is 34.9 Å². The number of nitrogens with zero attached hydrogens (tertiary/aromatic N) is 4. The van der Waals surface area contributed by atoms with Crippen LogP contribution in [0.1, 0.15) is 58.6 Å². The molecule has 0 amide bonds. The molecule has 4 rings (SSSR count). The molecule has 0 aliphatic carbocycles. The molecule has 1 aromatic heterocycles. The molecule has 3 heterocycles. The van der Waals surface area contributed by atoms with Gasteiger partial charge in [0, 0.05) is 74.1 Å². The molecule has 2 aliphatic rings. The first-order valence-corrected chi connectivity index (χ1v) is 12.4. The van der Waals surface area contributed by atoms with Gasteiger partial charge in [0.25, 0.3) is 0 Å². The number of hydrogen-bond acceptors (Lipinski definition) is 4. The summed E-state index contributed by atoms with van der Waals surface area (Å²) >= 11 is 0. The van der Waals surface area contributed by atoms with Crippen LogP contribution in [-0.2, 0) is 6.54 Å². The zero-order valence-corrected chi connectivity index (χ0v) is 20.0. The van der Waals surface area contributed by atoms with E-state index in [2.05, 4.69) is 77.4 Å². The van der Waals surface area contributed by atoms with Crippen molar-refractivity contribution in [1.82, 2.24) is 19.3 Å². The number of aliphatic hydroxyl groups excluding tert-OH is 1. The Hall–Kier alpha value is -1.40. The molecule has 2 saturated heterocycles. The molecule has 0 bridgehead atoms. The highest BCUT2D eigenvalue weighted by atomic mass is 16.3. The van der Waals surface area contributed by atoms with Gasteiger partial charge in [0.2, 0.25) is 0 Å². The van der Waals surface area contributed by atoms with E-state index in [1.807, 2.05) is 0 Å². The van der Waals surface area contributed by atoms with E-state index in [0.29, 0.717) is 24.2 Å². The van der Waals surface area contributed by atoms with Gasteiger partial charge in [0.05, 0.1) is 0 Å². The Morgan fingerprint density at radius 1 is 0.968 bits per heavy atom. The van der Waals surface area contributed by atoms with Crippen LogP contribution in [0, 0.1) is 0 Å². The molecule has 2 fully saturated rings. The lowest BCUT2D eigenvalue weighted by molar-refractivity contribution is 0.0000587. The van der Waals surface area contributed by atoms with Gasteiger partial charge in [-0.15, -0.1) is 0 Å². The smallest absolute Gasteiger partial charge is 0.0486 e. The third-order valence-corrected chi connectivity index (χ3v) is 7.55. The molecule has 0 unspecified atom stereocenters. The van der Waals surface area contributed by atoms with Crippen LogP contribution in [0.5, 0.6) is 0 Å². The second-order valence-corrected chi connectivity index (χ2v) is 10.2. The van der Waals surface area contributed by atoms with E-state index in [9.17, 15) is 5.11 Å². The highest BCUT2D eigenvalue weighted by molar-refractivity contribution is 5.84. The summed E-state index contributed by atoms with van der Waals surface area (Å²) in [6.45, 7) is 16.2. The van der Waals surface area contributed by atoms with Crippen molar-refractivity contribution in [2.75, 3.05) is 39.3 Å². The van der Waals surface area contributed by atoms with Crippen LogP contribution in [0.15, 0.2) is 30.5 Å². The standard InChI is InChI=1S/C26H42N4O/c1-20(2)28-12-9-23(10-13-28)29-15-14-27(19-24(29)11-16-31)17-22-18-30(21(3)4)26-8-6-5-7-25(22)26/h5-8,18,20-21,23-24,31H,9-17,19H2,1-4H3/t24-/m1/s1. The van der Waals surface area contributed by atoms with Crippen LogP contribution in [0.4, 0.5) is 0 Å². The van der Waals surface area contributed by atoms with Gasteiger partial charge in [0.1, 0.15) is 0 Å². The average Bonchev–Trinajstić information content (AvgIpc) is 3.13. The molecule has 1 atom stereocenters. The summed E-state index contributed by atoms with van der Waals surface area (Å²) < 4.78 is 2.41. The van der Waals surface area contributed by atoms with Crippen molar-refractivity contribution in [3.05, 3.63) is 36.0 Å². The second-order valence-electron chi connectivity index (χ2n) is 10.2. The molecule has 0 spiro atoms. The Balaban J connectivity index is 1.44. The lowest BCUT2D eigenvalue weighted by Crippen LogP contribution is -2.58. The number of hydrogen-bond donors (Lipinski definition) is 1. The Morgan fingerprint density at radius 3 is 2.39 bits per heavy atom. The first-order valence-electron chi connectivity index (χ1n) is 12.4.